The van der Waals surface area contributed by atoms with Gasteiger partial charge in [-0.05, 0) is 48.7 Å². The number of aromatic nitrogens is 1. The molecule has 0 radical (unpaired) electrons. The number of piperidine rings is 1. The van der Waals surface area contributed by atoms with E-state index >= 15 is 0 Å². The summed E-state index contributed by atoms with van der Waals surface area (Å²) in [6.45, 7) is 1.73. The van der Waals surface area contributed by atoms with Gasteiger partial charge in [-0.1, -0.05) is 36.4 Å². The van der Waals surface area contributed by atoms with Crippen molar-refractivity contribution in [1.29, 1.82) is 0 Å². The number of likely N-dealkylation sites (tertiary alicyclic amines) is 1. The van der Waals surface area contributed by atoms with Crippen LogP contribution in [0.15, 0.2) is 72.9 Å². The summed E-state index contributed by atoms with van der Waals surface area (Å²) in [7, 11) is 1.39. The Kier molecular flexibility index (Phi) is 6.36. The van der Waals surface area contributed by atoms with Crippen LogP contribution in [0.2, 0.25) is 0 Å². The first-order valence-electron chi connectivity index (χ1n) is 10.5. The number of methoxy groups -OCH3 is 1. The number of carbonyl (C=O) groups excluding carboxylic acids is 2. The first-order valence-corrected chi connectivity index (χ1v) is 10.5. The number of nitrogens with zero attached hydrogens (tertiary/aromatic N) is 2. The molecule has 2 heterocycles. The number of rotatable bonds is 6. The van der Waals surface area contributed by atoms with E-state index in [0.29, 0.717) is 36.7 Å². The van der Waals surface area contributed by atoms with Crippen molar-refractivity contribution in [2.24, 2.45) is 0 Å². The quantitative estimate of drug-likeness (QED) is 0.559. The molecular formula is C25H26N2O4. The number of esters is 1. The molecule has 0 saturated carbocycles. The van der Waals surface area contributed by atoms with Crippen molar-refractivity contribution < 1.29 is 19.1 Å². The molecule has 31 heavy (non-hydrogen) atoms. The summed E-state index contributed by atoms with van der Waals surface area (Å²) in [6, 6.07) is 21.1. The lowest BCUT2D eigenvalue weighted by atomic mass is 10.0. The fourth-order valence-electron chi connectivity index (χ4n) is 3.98. The van der Waals surface area contributed by atoms with E-state index in [1.54, 1.807) is 12.1 Å². The van der Waals surface area contributed by atoms with Gasteiger partial charge in [-0.15, -0.1) is 0 Å². The maximum absolute atomic E-state index is 13.0. The van der Waals surface area contributed by atoms with Gasteiger partial charge in [0.05, 0.1) is 7.11 Å². The molecule has 0 atom stereocenters. The lowest BCUT2D eigenvalue weighted by molar-refractivity contribution is 0.0573. The van der Waals surface area contributed by atoms with Crippen molar-refractivity contribution >= 4 is 11.9 Å². The molecule has 3 aromatic rings. The molecule has 1 amide bonds. The number of benzene rings is 2. The standard InChI is InChI=1S/C25H26N2O4/c1-30-25(29)23-11-6-14-27(23)21-12-15-26(16-13-21)24(28)20-9-5-10-22(17-20)31-18-19-7-3-2-4-8-19/h2-11,14,17,21H,12-13,15-16,18H2,1H3. The molecule has 0 N–H and O–H groups in total. The molecule has 1 aromatic heterocycles. The molecule has 2 aromatic carbocycles. The Bertz CT molecular complexity index is 1040. The Balaban J connectivity index is 1.37. The molecule has 1 fully saturated rings. The smallest absolute Gasteiger partial charge is 0.354 e. The second kappa shape index (κ2) is 9.51. The monoisotopic (exact) mass is 418 g/mol. The van der Waals surface area contributed by atoms with Crippen molar-refractivity contribution in [3.05, 3.63) is 89.7 Å². The van der Waals surface area contributed by atoms with Crippen LogP contribution < -0.4 is 4.74 Å². The summed E-state index contributed by atoms with van der Waals surface area (Å²) < 4.78 is 12.7. The lowest BCUT2D eigenvalue weighted by Gasteiger charge is -2.33. The van der Waals surface area contributed by atoms with Crippen molar-refractivity contribution in [3.63, 3.8) is 0 Å². The molecule has 160 valence electrons. The molecule has 0 unspecified atom stereocenters. The second-order valence-corrected chi connectivity index (χ2v) is 7.62. The van der Waals surface area contributed by atoms with Crippen molar-refractivity contribution in [2.75, 3.05) is 20.2 Å². The normalized spacial score (nSPS) is 14.3. The Morgan fingerprint density at radius 3 is 2.48 bits per heavy atom. The van der Waals surface area contributed by atoms with Crippen molar-refractivity contribution in [1.82, 2.24) is 9.47 Å². The summed E-state index contributed by atoms with van der Waals surface area (Å²) in [5.74, 6) is 0.347. The highest BCUT2D eigenvalue weighted by Gasteiger charge is 2.26. The maximum Gasteiger partial charge on any atom is 0.354 e. The minimum atomic E-state index is -0.337. The summed E-state index contributed by atoms with van der Waals surface area (Å²) in [5.41, 5.74) is 2.26. The van der Waals surface area contributed by atoms with E-state index in [0.717, 1.165) is 18.4 Å². The van der Waals surface area contributed by atoms with E-state index in [2.05, 4.69) is 0 Å². The highest BCUT2D eigenvalue weighted by molar-refractivity contribution is 5.94. The van der Waals surface area contributed by atoms with E-state index in [1.165, 1.54) is 7.11 Å². The van der Waals surface area contributed by atoms with Gasteiger partial charge < -0.3 is 18.9 Å². The Hall–Kier alpha value is -3.54. The topological polar surface area (TPSA) is 60.8 Å². The van der Waals surface area contributed by atoms with Crippen LogP contribution in [-0.4, -0.2) is 41.5 Å². The van der Waals surface area contributed by atoms with Crippen LogP contribution >= 0.6 is 0 Å². The third-order valence-electron chi connectivity index (χ3n) is 5.65. The number of amides is 1. The van der Waals surface area contributed by atoms with Gasteiger partial charge in [-0.2, -0.15) is 0 Å². The van der Waals surface area contributed by atoms with Gasteiger partial charge in [0, 0.05) is 30.9 Å². The summed E-state index contributed by atoms with van der Waals surface area (Å²) in [5, 5.41) is 0. The van der Waals surface area contributed by atoms with Gasteiger partial charge in [0.15, 0.2) is 0 Å². The third kappa shape index (κ3) is 4.79. The van der Waals surface area contributed by atoms with Gasteiger partial charge >= 0.3 is 5.97 Å². The van der Waals surface area contributed by atoms with Crippen LogP contribution in [0.5, 0.6) is 5.75 Å². The molecular weight excluding hydrogens is 392 g/mol. The summed E-state index contributed by atoms with van der Waals surface area (Å²) >= 11 is 0. The molecule has 1 aliphatic heterocycles. The van der Waals surface area contributed by atoms with Gasteiger partial charge in [-0.3, -0.25) is 4.79 Å². The van der Waals surface area contributed by atoms with E-state index in [-0.39, 0.29) is 17.9 Å². The number of ether oxygens (including phenoxy) is 2. The average Bonchev–Trinajstić information content (AvgIpc) is 3.33. The maximum atomic E-state index is 13.0. The van der Waals surface area contributed by atoms with E-state index in [9.17, 15) is 9.59 Å². The highest BCUT2D eigenvalue weighted by atomic mass is 16.5. The van der Waals surface area contributed by atoms with Gasteiger partial charge in [0.25, 0.3) is 5.91 Å². The SMILES string of the molecule is COC(=O)c1cccn1C1CCN(C(=O)c2cccc(OCc3ccccc3)c2)CC1. The fraction of sp³-hybridized carbons (Fsp3) is 0.280. The van der Waals surface area contributed by atoms with Crippen molar-refractivity contribution in [2.45, 2.75) is 25.5 Å². The molecule has 0 bridgehead atoms. The zero-order valence-electron chi connectivity index (χ0n) is 17.6. The van der Waals surface area contributed by atoms with E-state index < -0.39 is 0 Å². The average molecular weight is 418 g/mol. The Morgan fingerprint density at radius 1 is 0.968 bits per heavy atom. The Labute approximate surface area is 182 Å². The largest absolute Gasteiger partial charge is 0.489 e. The highest BCUT2D eigenvalue weighted by Crippen LogP contribution is 2.26. The third-order valence-corrected chi connectivity index (χ3v) is 5.65. The summed E-state index contributed by atoms with van der Waals surface area (Å²) in [6.07, 6.45) is 3.48. The minimum Gasteiger partial charge on any atom is -0.489 e. The predicted molar refractivity (Wildman–Crippen MR) is 117 cm³/mol. The van der Waals surface area contributed by atoms with Crippen LogP contribution in [0.25, 0.3) is 0 Å². The number of carbonyl (C=O) groups is 2. The van der Waals surface area contributed by atoms with Crippen LogP contribution in [0.1, 0.15) is 45.3 Å². The first-order chi connectivity index (χ1) is 15.2. The van der Waals surface area contributed by atoms with E-state index in [1.807, 2.05) is 70.3 Å². The molecule has 1 saturated heterocycles. The molecule has 0 spiro atoms. The molecule has 6 nitrogen and oxygen atoms in total. The van der Waals surface area contributed by atoms with Crippen molar-refractivity contribution in [3.8, 4) is 5.75 Å². The second-order valence-electron chi connectivity index (χ2n) is 7.62. The molecule has 4 rings (SSSR count). The van der Waals surface area contributed by atoms with Gasteiger partial charge in [0.1, 0.15) is 18.1 Å². The van der Waals surface area contributed by atoms with E-state index in [4.69, 9.17) is 9.47 Å². The lowest BCUT2D eigenvalue weighted by Crippen LogP contribution is -2.39. The predicted octanol–water partition coefficient (Wildman–Crippen LogP) is 4.33. The first kappa shape index (κ1) is 20.7. The Morgan fingerprint density at radius 2 is 1.74 bits per heavy atom. The zero-order valence-corrected chi connectivity index (χ0v) is 17.6. The number of hydrogen-bond donors (Lipinski definition) is 0. The zero-order chi connectivity index (χ0) is 21.6. The van der Waals surface area contributed by atoms with Crippen LogP contribution in [-0.2, 0) is 11.3 Å². The fourth-order valence-corrected chi connectivity index (χ4v) is 3.98. The van der Waals surface area contributed by atoms with Crippen LogP contribution in [0, 0.1) is 0 Å². The molecule has 6 heteroatoms. The summed E-state index contributed by atoms with van der Waals surface area (Å²) in [4.78, 5) is 26.9. The molecule has 0 aliphatic carbocycles. The van der Waals surface area contributed by atoms with Gasteiger partial charge in [0.2, 0.25) is 0 Å². The van der Waals surface area contributed by atoms with Crippen LogP contribution in [0.4, 0.5) is 0 Å². The van der Waals surface area contributed by atoms with Crippen LogP contribution in [0.3, 0.4) is 0 Å². The molecule has 1 aliphatic rings. The minimum absolute atomic E-state index is 0.00399. The van der Waals surface area contributed by atoms with Gasteiger partial charge in [-0.25, -0.2) is 4.79 Å². The number of hydrogen-bond acceptors (Lipinski definition) is 4.